The zero-order chi connectivity index (χ0) is 35.1. The molecule has 0 saturated carbocycles. The molecule has 3 N–H and O–H groups in total. The van der Waals surface area contributed by atoms with Crippen molar-refractivity contribution in [2.75, 3.05) is 34.4 Å². The lowest BCUT2D eigenvalue weighted by Crippen LogP contribution is -2.53. The Kier molecular flexibility index (Phi) is 9.23. The molecule has 2 bridgehead atoms. The highest BCUT2D eigenvalue weighted by molar-refractivity contribution is 6.00. The first-order valence-electron chi connectivity index (χ1n) is 17.3. The Bertz CT molecular complexity index is 2090. The number of rotatable bonds is 5. The lowest BCUT2D eigenvalue weighted by atomic mass is 9.99. The van der Waals surface area contributed by atoms with Gasteiger partial charge < -0.3 is 39.3 Å². The molecule has 262 valence electrons. The molecule has 12 heteroatoms. The number of nitrogens with two attached hydrogens (primary N) is 1. The predicted octanol–water partition coefficient (Wildman–Crippen LogP) is 5.01. The summed E-state index contributed by atoms with van der Waals surface area (Å²) < 4.78 is 21.2. The average Bonchev–Trinajstić information content (AvgIpc) is 3.66. The molecule has 1 fully saturated rings. The number of carbonyl (C=O) groups is 2. The molecule has 3 aromatic heterocycles. The highest BCUT2D eigenvalue weighted by Crippen LogP contribution is 2.35. The summed E-state index contributed by atoms with van der Waals surface area (Å²) in [5, 5.41) is 4.14. The summed E-state index contributed by atoms with van der Waals surface area (Å²) >= 11 is 0. The number of amides is 2. The Hall–Kier alpha value is -4.94. The fourth-order valence-electron chi connectivity index (χ4n) is 7.55. The van der Waals surface area contributed by atoms with Crippen LogP contribution in [0, 0.1) is 0 Å². The smallest absolute Gasteiger partial charge is 0.255 e. The van der Waals surface area contributed by atoms with E-state index in [0.717, 1.165) is 71.6 Å². The van der Waals surface area contributed by atoms with Crippen molar-refractivity contribution in [3.8, 4) is 23.0 Å². The Morgan fingerprint density at radius 2 is 1.80 bits per heavy atom. The minimum absolute atomic E-state index is 0.0636. The molecule has 0 aliphatic carbocycles. The number of methoxy groups -OCH3 is 3. The van der Waals surface area contributed by atoms with Gasteiger partial charge in [0.05, 0.1) is 48.8 Å². The summed E-state index contributed by atoms with van der Waals surface area (Å²) in [6, 6.07) is 15.0. The molecule has 3 atom stereocenters. The molecule has 2 amide bonds. The molecule has 2 aromatic carbocycles. The Balaban J connectivity index is 1.27. The molecule has 1 saturated heterocycles. The number of imidazole rings is 1. The van der Waals surface area contributed by atoms with Crippen LogP contribution in [0.25, 0.3) is 33.6 Å². The number of hydrogen-bond donors (Lipinski definition) is 2. The third-order valence-corrected chi connectivity index (χ3v) is 10.3. The predicted molar refractivity (Wildman–Crippen MR) is 192 cm³/mol. The second-order valence-corrected chi connectivity index (χ2v) is 13.3. The number of benzene rings is 2. The van der Waals surface area contributed by atoms with Gasteiger partial charge in [-0.2, -0.15) is 0 Å². The lowest BCUT2D eigenvalue weighted by molar-refractivity contribution is 0.0227. The van der Waals surface area contributed by atoms with E-state index in [4.69, 9.17) is 29.9 Å². The first kappa shape index (κ1) is 33.6. The van der Waals surface area contributed by atoms with Crippen LogP contribution < -0.4 is 20.5 Å². The van der Waals surface area contributed by atoms with E-state index in [-0.39, 0.29) is 30.0 Å². The van der Waals surface area contributed by atoms with Gasteiger partial charge in [0.1, 0.15) is 22.7 Å². The standard InChI is InChI=1S/C38H45N7O5/c1-22-27-14-13-24-19-29(45(35(24)41-27)16-8-6-7-10-23-11-9-12-31(49-4)33(23)37(46)40-22)36-42-28-18-25(20-32(50-5)34(28)43(36)2)38(47)44-17-15-30(48-3)26(39)21-44/h9,11-14,18-20,22,26,30H,6-8,10,15-17,21,39H2,1-5H3,(H,40,46)/t22-,26+,30-/m1/s1. The number of aryl methyl sites for hydroxylation is 3. The number of likely N-dealkylation sites (tertiary alicyclic amines) is 1. The molecule has 0 radical (unpaired) electrons. The van der Waals surface area contributed by atoms with E-state index in [1.165, 1.54) is 0 Å². The van der Waals surface area contributed by atoms with Crippen LogP contribution in [0.1, 0.15) is 70.6 Å². The third kappa shape index (κ3) is 5.96. The number of nitrogens with one attached hydrogen (secondary N) is 1. The molecule has 7 rings (SSSR count). The van der Waals surface area contributed by atoms with Crippen molar-refractivity contribution < 1.29 is 23.8 Å². The number of hydrogen-bond acceptors (Lipinski definition) is 8. The maximum Gasteiger partial charge on any atom is 0.255 e. The minimum Gasteiger partial charge on any atom is -0.496 e. The molecular weight excluding hydrogens is 634 g/mol. The number of nitrogens with zero attached hydrogens (tertiary/aromatic N) is 5. The minimum atomic E-state index is -0.342. The van der Waals surface area contributed by atoms with Crippen molar-refractivity contribution in [1.82, 2.24) is 29.3 Å². The van der Waals surface area contributed by atoms with E-state index < -0.39 is 0 Å². The van der Waals surface area contributed by atoms with E-state index in [9.17, 15) is 9.59 Å². The van der Waals surface area contributed by atoms with Crippen LogP contribution in [-0.2, 0) is 24.8 Å². The number of pyridine rings is 1. The van der Waals surface area contributed by atoms with Crippen LogP contribution in [0.4, 0.5) is 0 Å². The number of piperidine rings is 1. The highest BCUT2D eigenvalue weighted by Gasteiger charge is 2.31. The van der Waals surface area contributed by atoms with E-state index in [0.29, 0.717) is 47.7 Å². The van der Waals surface area contributed by atoms with Crippen LogP contribution in [0.3, 0.4) is 0 Å². The van der Waals surface area contributed by atoms with Gasteiger partial charge in [-0.05, 0) is 74.6 Å². The fourth-order valence-corrected chi connectivity index (χ4v) is 7.55. The van der Waals surface area contributed by atoms with Crippen molar-refractivity contribution >= 4 is 33.9 Å². The number of ether oxygens (including phenoxy) is 3. The van der Waals surface area contributed by atoms with Crippen LogP contribution >= 0.6 is 0 Å². The number of carbonyl (C=O) groups excluding carboxylic acids is 2. The topological polar surface area (TPSA) is 139 Å². The fraction of sp³-hybridized carbons (Fsp3) is 0.421. The SMILES string of the molecule is COc1cccc2c1C(=O)N[C@H](C)c1ccc3cc(-c4nc5cc(C(=O)N6CC[C@@H](OC)[C@@H](N)C6)cc(OC)c5n4C)n(c3n1)CCCCC2. The van der Waals surface area contributed by atoms with Crippen LogP contribution in [0.2, 0.25) is 0 Å². The van der Waals surface area contributed by atoms with Gasteiger partial charge in [0, 0.05) is 50.8 Å². The summed E-state index contributed by atoms with van der Waals surface area (Å²) in [6.45, 7) is 3.67. The van der Waals surface area contributed by atoms with E-state index in [1.54, 1.807) is 32.3 Å². The third-order valence-electron chi connectivity index (χ3n) is 10.3. The van der Waals surface area contributed by atoms with Crippen LogP contribution in [0.5, 0.6) is 11.5 Å². The van der Waals surface area contributed by atoms with Crippen molar-refractivity contribution in [2.45, 2.75) is 63.8 Å². The van der Waals surface area contributed by atoms with Crippen molar-refractivity contribution in [3.63, 3.8) is 0 Å². The lowest BCUT2D eigenvalue weighted by Gasteiger charge is -2.36. The van der Waals surface area contributed by atoms with Crippen LogP contribution in [0.15, 0.2) is 48.5 Å². The Morgan fingerprint density at radius 1 is 0.980 bits per heavy atom. The first-order chi connectivity index (χ1) is 24.2. The van der Waals surface area contributed by atoms with Crippen molar-refractivity contribution in [3.05, 3.63) is 70.9 Å². The summed E-state index contributed by atoms with van der Waals surface area (Å²) in [5.74, 6) is 1.61. The van der Waals surface area contributed by atoms with Crippen LogP contribution in [-0.4, -0.2) is 82.4 Å². The molecule has 2 aliphatic heterocycles. The van der Waals surface area contributed by atoms with Gasteiger partial charge in [-0.25, -0.2) is 9.97 Å². The van der Waals surface area contributed by atoms with Crippen molar-refractivity contribution in [2.24, 2.45) is 12.8 Å². The summed E-state index contributed by atoms with van der Waals surface area (Å²) in [7, 11) is 6.84. The largest absolute Gasteiger partial charge is 0.496 e. The zero-order valence-electron chi connectivity index (χ0n) is 29.4. The Labute approximate surface area is 291 Å². The maximum absolute atomic E-state index is 13.7. The average molecular weight is 680 g/mol. The molecular formula is C38H45N7O5. The van der Waals surface area contributed by atoms with Gasteiger partial charge in [0.2, 0.25) is 0 Å². The molecule has 12 nitrogen and oxygen atoms in total. The summed E-state index contributed by atoms with van der Waals surface area (Å²) in [4.78, 5) is 39.3. The van der Waals surface area contributed by atoms with Gasteiger partial charge in [-0.15, -0.1) is 0 Å². The zero-order valence-corrected chi connectivity index (χ0v) is 29.4. The molecule has 5 heterocycles. The molecule has 50 heavy (non-hydrogen) atoms. The van der Waals surface area contributed by atoms with Crippen molar-refractivity contribution in [1.29, 1.82) is 0 Å². The number of fused-ring (bicyclic) bond motifs is 3. The summed E-state index contributed by atoms with van der Waals surface area (Å²) in [6.07, 6.45) is 4.19. The van der Waals surface area contributed by atoms with Gasteiger partial charge in [0.15, 0.2) is 5.82 Å². The highest BCUT2D eigenvalue weighted by atomic mass is 16.5. The van der Waals surface area contributed by atoms with E-state index in [1.807, 2.05) is 48.9 Å². The first-order valence-corrected chi connectivity index (χ1v) is 17.3. The molecule has 5 aromatic rings. The Morgan fingerprint density at radius 3 is 2.56 bits per heavy atom. The monoisotopic (exact) mass is 679 g/mol. The number of aromatic nitrogens is 4. The summed E-state index contributed by atoms with van der Waals surface area (Å²) in [5.41, 5.74) is 12.4. The molecule has 0 spiro atoms. The second-order valence-electron chi connectivity index (χ2n) is 13.3. The quantitative estimate of drug-likeness (QED) is 0.264. The van der Waals surface area contributed by atoms with E-state index >= 15 is 0 Å². The van der Waals surface area contributed by atoms with Gasteiger partial charge in [-0.1, -0.05) is 18.6 Å². The van der Waals surface area contributed by atoms with Gasteiger partial charge >= 0.3 is 0 Å². The molecule has 2 aliphatic rings. The maximum atomic E-state index is 13.7. The van der Waals surface area contributed by atoms with E-state index in [2.05, 4.69) is 22.0 Å². The molecule has 0 unspecified atom stereocenters. The second kappa shape index (κ2) is 13.8. The van der Waals surface area contributed by atoms with Gasteiger partial charge in [-0.3, -0.25) is 9.59 Å². The van der Waals surface area contributed by atoms with Gasteiger partial charge in [0.25, 0.3) is 11.8 Å². The normalized spacial score (nSPS) is 20.1.